The van der Waals surface area contributed by atoms with Gasteiger partial charge in [0.2, 0.25) is 0 Å². The first-order chi connectivity index (χ1) is 10.1. The summed E-state index contributed by atoms with van der Waals surface area (Å²) in [6.07, 6.45) is -1.13. The number of aromatic nitrogens is 1. The number of ether oxygens (including phenoxy) is 2. The topological polar surface area (TPSA) is 181 Å². The van der Waals surface area contributed by atoms with Crippen LogP contribution >= 0.6 is 12.0 Å². The second-order valence-corrected chi connectivity index (χ2v) is 5.63. The molecule has 1 aromatic rings. The van der Waals surface area contributed by atoms with Crippen LogP contribution in [-0.2, 0) is 25.4 Å². The second-order valence-electron chi connectivity index (χ2n) is 3.62. The van der Waals surface area contributed by atoms with E-state index in [1.54, 1.807) is 0 Å². The van der Waals surface area contributed by atoms with E-state index < -0.39 is 29.2 Å². The predicted octanol–water partition coefficient (Wildman–Crippen LogP) is 0.269. The minimum absolute atomic E-state index is 0.0132. The highest BCUT2D eigenvalue weighted by Gasteiger charge is 2.20. The third kappa shape index (κ3) is 5.72. The summed E-state index contributed by atoms with van der Waals surface area (Å²) in [6, 6.07) is 0. The van der Waals surface area contributed by atoms with Gasteiger partial charge < -0.3 is 20.9 Å². The lowest BCUT2D eigenvalue weighted by Crippen LogP contribution is -2.19. The number of hydrogen-bond acceptors (Lipinski definition) is 9. The number of carbonyl (C=O) groups is 2. The molecular formula is C9H11N3O8S2. The minimum Gasteiger partial charge on any atom is -0.445 e. The van der Waals surface area contributed by atoms with Crippen molar-refractivity contribution >= 4 is 34.6 Å². The SMILES string of the molecule is Cc1ncc(SOS(=O)(=O)O)c(COC(N)=O)c1OC(N)=O. The molecule has 1 aromatic heterocycles. The first kappa shape index (κ1) is 18.0. The van der Waals surface area contributed by atoms with Gasteiger partial charge in [-0.2, -0.15) is 12.0 Å². The van der Waals surface area contributed by atoms with Crippen LogP contribution in [0.5, 0.6) is 5.75 Å². The summed E-state index contributed by atoms with van der Waals surface area (Å²) < 4.78 is 43.2. The van der Waals surface area contributed by atoms with E-state index in [1.165, 1.54) is 6.92 Å². The molecule has 0 aliphatic rings. The van der Waals surface area contributed by atoms with Crippen molar-refractivity contribution in [1.82, 2.24) is 4.98 Å². The maximum absolute atomic E-state index is 10.9. The quantitative estimate of drug-likeness (QED) is 0.474. The molecule has 13 heteroatoms. The van der Waals surface area contributed by atoms with Gasteiger partial charge in [-0.05, 0) is 6.92 Å². The van der Waals surface area contributed by atoms with Crippen molar-refractivity contribution in [2.45, 2.75) is 18.4 Å². The van der Waals surface area contributed by atoms with Crippen molar-refractivity contribution in [2.24, 2.45) is 11.5 Å². The molecule has 2 amide bonds. The predicted molar refractivity (Wildman–Crippen MR) is 72.0 cm³/mol. The zero-order valence-corrected chi connectivity index (χ0v) is 12.6. The lowest BCUT2D eigenvalue weighted by atomic mass is 10.2. The Morgan fingerprint density at radius 3 is 2.50 bits per heavy atom. The molecule has 122 valence electrons. The van der Waals surface area contributed by atoms with Crippen molar-refractivity contribution < 1.29 is 35.7 Å². The Morgan fingerprint density at radius 2 is 2.00 bits per heavy atom. The van der Waals surface area contributed by atoms with Crippen LogP contribution in [0.3, 0.4) is 0 Å². The number of hydrogen-bond donors (Lipinski definition) is 3. The van der Waals surface area contributed by atoms with E-state index in [0.29, 0.717) is 0 Å². The van der Waals surface area contributed by atoms with Crippen LogP contribution < -0.4 is 16.2 Å². The fourth-order valence-electron chi connectivity index (χ4n) is 1.29. The maximum atomic E-state index is 10.9. The normalized spacial score (nSPS) is 11.0. The highest BCUT2D eigenvalue weighted by molar-refractivity contribution is 8.02. The fraction of sp³-hybridized carbons (Fsp3) is 0.222. The molecule has 22 heavy (non-hydrogen) atoms. The van der Waals surface area contributed by atoms with Crippen LogP contribution in [0.2, 0.25) is 0 Å². The number of nitrogens with two attached hydrogens (primary N) is 2. The van der Waals surface area contributed by atoms with E-state index in [-0.39, 0.29) is 33.9 Å². The fourth-order valence-corrected chi connectivity index (χ4v) is 2.27. The van der Waals surface area contributed by atoms with Gasteiger partial charge in [0.25, 0.3) is 0 Å². The summed E-state index contributed by atoms with van der Waals surface area (Å²) in [4.78, 5) is 25.4. The molecule has 1 heterocycles. The molecule has 0 aliphatic heterocycles. The third-order valence-corrected chi connectivity index (χ3v) is 3.54. The molecule has 0 saturated heterocycles. The number of primary amides is 2. The van der Waals surface area contributed by atoms with Crippen LogP contribution in [-0.4, -0.2) is 30.1 Å². The molecule has 0 saturated carbocycles. The summed E-state index contributed by atoms with van der Waals surface area (Å²) in [5.74, 6) is -0.155. The van der Waals surface area contributed by atoms with Crippen LogP contribution in [0.4, 0.5) is 9.59 Å². The average Bonchev–Trinajstić information content (AvgIpc) is 2.36. The molecule has 0 bridgehead atoms. The highest BCUT2D eigenvalue weighted by atomic mass is 32.3. The molecule has 0 unspecified atom stereocenters. The summed E-state index contributed by atoms with van der Waals surface area (Å²) in [7, 11) is -4.75. The first-order valence-electron chi connectivity index (χ1n) is 5.31. The average molecular weight is 353 g/mol. The molecular weight excluding hydrogens is 342 g/mol. The van der Waals surface area contributed by atoms with Gasteiger partial charge in [-0.25, -0.2) is 9.59 Å². The van der Waals surface area contributed by atoms with E-state index in [9.17, 15) is 18.0 Å². The number of rotatable bonds is 6. The molecule has 1 rings (SSSR count). The largest absolute Gasteiger partial charge is 0.445 e. The van der Waals surface area contributed by atoms with Gasteiger partial charge in [0.15, 0.2) is 5.75 Å². The van der Waals surface area contributed by atoms with Gasteiger partial charge in [-0.3, -0.25) is 9.54 Å². The van der Waals surface area contributed by atoms with E-state index in [4.69, 9.17) is 20.8 Å². The van der Waals surface area contributed by atoms with Gasteiger partial charge in [-0.1, -0.05) is 0 Å². The molecule has 0 atom stereocenters. The Bertz CT molecular complexity index is 690. The van der Waals surface area contributed by atoms with E-state index >= 15 is 0 Å². The highest BCUT2D eigenvalue weighted by Crippen LogP contribution is 2.33. The molecule has 0 spiro atoms. The molecule has 11 nitrogen and oxygen atoms in total. The molecule has 0 fully saturated rings. The summed E-state index contributed by atoms with van der Waals surface area (Å²) in [6.45, 7) is 0.989. The summed E-state index contributed by atoms with van der Waals surface area (Å²) >= 11 is 0.191. The number of pyridine rings is 1. The Labute approximate surface area is 129 Å². The Morgan fingerprint density at radius 1 is 1.36 bits per heavy atom. The second kappa shape index (κ2) is 7.26. The van der Waals surface area contributed by atoms with Gasteiger partial charge >= 0.3 is 22.6 Å². The number of amides is 2. The zero-order valence-electron chi connectivity index (χ0n) is 11.0. The van der Waals surface area contributed by atoms with Crippen molar-refractivity contribution in [1.29, 1.82) is 0 Å². The molecule has 0 radical (unpaired) electrons. The van der Waals surface area contributed by atoms with Crippen molar-refractivity contribution in [3.8, 4) is 5.75 Å². The monoisotopic (exact) mass is 353 g/mol. The van der Waals surface area contributed by atoms with Crippen LogP contribution in [0.25, 0.3) is 0 Å². The molecule has 5 N–H and O–H groups in total. The van der Waals surface area contributed by atoms with Gasteiger partial charge in [-0.15, -0.1) is 0 Å². The van der Waals surface area contributed by atoms with Crippen molar-refractivity contribution in [3.05, 3.63) is 17.5 Å². The standard InChI is InChI=1S/C9H11N3O8S2/c1-4-7(19-9(11)14)5(3-18-8(10)13)6(2-12-4)21-20-22(15,16)17/h2H,3H2,1H3,(H2,10,13)(H2,11,14)(H,15,16,17). The lowest BCUT2D eigenvalue weighted by molar-refractivity contribution is 0.148. The Kier molecular flexibility index (Phi) is 5.92. The van der Waals surface area contributed by atoms with Gasteiger partial charge in [0.1, 0.15) is 6.61 Å². The smallest absolute Gasteiger partial charge is 0.410 e. The van der Waals surface area contributed by atoms with E-state index in [0.717, 1.165) is 6.20 Å². The third-order valence-electron chi connectivity index (χ3n) is 2.05. The number of nitrogens with zero attached hydrogens (tertiary/aromatic N) is 1. The summed E-state index contributed by atoms with van der Waals surface area (Å²) in [5, 5.41) is 0. The molecule has 0 aliphatic carbocycles. The maximum Gasteiger partial charge on any atom is 0.410 e. The Balaban J connectivity index is 3.22. The zero-order chi connectivity index (χ0) is 16.9. The minimum atomic E-state index is -4.75. The number of carbonyl (C=O) groups excluding carboxylic acids is 2. The molecule has 0 aromatic carbocycles. The summed E-state index contributed by atoms with van der Waals surface area (Å²) in [5.41, 5.74) is 9.99. The number of aryl methyl sites for hydroxylation is 1. The van der Waals surface area contributed by atoms with E-state index in [2.05, 4.69) is 13.4 Å². The van der Waals surface area contributed by atoms with Crippen LogP contribution in [0.1, 0.15) is 11.3 Å². The van der Waals surface area contributed by atoms with Gasteiger partial charge in [0.05, 0.1) is 28.2 Å². The van der Waals surface area contributed by atoms with Crippen LogP contribution in [0.15, 0.2) is 11.1 Å². The Hall–Kier alpha value is -2.09. The van der Waals surface area contributed by atoms with Crippen LogP contribution in [0, 0.1) is 6.92 Å². The first-order valence-corrected chi connectivity index (χ1v) is 7.42. The van der Waals surface area contributed by atoms with E-state index in [1.807, 2.05) is 0 Å². The van der Waals surface area contributed by atoms with Gasteiger partial charge in [0, 0.05) is 6.20 Å². The van der Waals surface area contributed by atoms with Crippen molar-refractivity contribution in [2.75, 3.05) is 0 Å². The van der Waals surface area contributed by atoms with Crippen molar-refractivity contribution in [3.63, 3.8) is 0 Å². The lowest BCUT2D eigenvalue weighted by Gasteiger charge is -2.14.